The molecule has 0 amide bonds. The van der Waals surface area contributed by atoms with Crippen LogP contribution in [0, 0.1) is 5.92 Å². The predicted molar refractivity (Wildman–Crippen MR) is 81.8 cm³/mol. The summed E-state index contributed by atoms with van der Waals surface area (Å²) in [6.07, 6.45) is 3.17. The molecule has 0 saturated carbocycles. The average Bonchev–Trinajstić information content (AvgIpc) is 2.50. The summed E-state index contributed by atoms with van der Waals surface area (Å²) in [5.74, 6) is 0.888. The third kappa shape index (κ3) is 5.19. The van der Waals surface area contributed by atoms with Crippen molar-refractivity contribution < 1.29 is 14.6 Å². The van der Waals surface area contributed by atoms with Crippen LogP contribution in [0.4, 0.5) is 0 Å². The largest absolute Gasteiger partial charge is 0.497 e. The molecule has 1 aromatic rings. The van der Waals surface area contributed by atoms with E-state index in [0.29, 0.717) is 13.2 Å². The first kappa shape index (κ1) is 16.5. The van der Waals surface area contributed by atoms with E-state index in [2.05, 4.69) is 6.58 Å². The predicted octanol–water partition coefficient (Wildman–Crippen LogP) is 3.34. The van der Waals surface area contributed by atoms with E-state index >= 15 is 0 Å². The van der Waals surface area contributed by atoms with Crippen LogP contribution in [0.2, 0.25) is 0 Å². The molecular formula is C17H24O3. The number of ether oxygens (including phenoxy) is 2. The quantitative estimate of drug-likeness (QED) is 0.584. The molecule has 0 fully saturated rings. The molecule has 0 saturated heterocycles. The van der Waals surface area contributed by atoms with Crippen LogP contribution in [0.25, 0.3) is 0 Å². The highest BCUT2D eigenvalue weighted by Gasteiger charge is 2.11. The van der Waals surface area contributed by atoms with E-state index in [9.17, 15) is 5.11 Å². The van der Waals surface area contributed by atoms with E-state index in [1.165, 1.54) is 0 Å². The molecule has 0 bridgehead atoms. The zero-order chi connectivity index (χ0) is 15.0. The summed E-state index contributed by atoms with van der Waals surface area (Å²) in [6.45, 7) is 8.55. The summed E-state index contributed by atoms with van der Waals surface area (Å²) < 4.78 is 10.7. The Bertz CT molecular complexity index is 434. The number of aliphatic hydroxyl groups excluding tert-OH is 1. The highest BCUT2D eigenvalue weighted by Crippen LogP contribution is 2.14. The molecular weight excluding hydrogens is 252 g/mol. The smallest absolute Gasteiger partial charge is 0.118 e. The molecule has 0 heterocycles. The van der Waals surface area contributed by atoms with Crippen LogP contribution < -0.4 is 4.74 Å². The number of benzene rings is 1. The number of aliphatic hydroxyl groups is 1. The topological polar surface area (TPSA) is 38.7 Å². The first-order valence-corrected chi connectivity index (χ1v) is 6.76. The molecule has 0 aliphatic heterocycles. The molecule has 2 atom stereocenters. The first-order chi connectivity index (χ1) is 9.58. The van der Waals surface area contributed by atoms with Crippen LogP contribution in [-0.4, -0.2) is 24.9 Å². The van der Waals surface area contributed by atoms with Crippen LogP contribution in [-0.2, 0) is 11.3 Å². The van der Waals surface area contributed by atoms with E-state index < -0.39 is 6.10 Å². The van der Waals surface area contributed by atoms with Gasteiger partial charge in [-0.25, -0.2) is 0 Å². The third-order valence-electron chi connectivity index (χ3n) is 3.29. The van der Waals surface area contributed by atoms with Gasteiger partial charge in [0.15, 0.2) is 0 Å². The van der Waals surface area contributed by atoms with Gasteiger partial charge in [-0.1, -0.05) is 31.2 Å². The number of hydrogen-bond donors (Lipinski definition) is 1. The van der Waals surface area contributed by atoms with Crippen molar-refractivity contribution in [1.82, 2.24) is 0 Å². The van der Waals surface area contributed by atoms with Crippen LogP contribution in [0.1, 0.15) is 19.4 Å². The van der Waals surface area contributed by atoms with Gasteiger partial charge in [-0.2, -0.15) is 0 Å². The van der Waals surface area contributed by atoms with Crippen LogP contribution in [0.15, 0.2) is 48.6 Å². The SMILES string of the molecule is C=C[C@H](C)[C@H](O)/C(C)=C/COCc1ccc(OC)cc1. The Hall–Kier alpha value is -1.58. The normalized spacial score (nSPS) is 14.7. The van der Waals surface area contributed by atoms with E-state index in [1.54, 1.807) is 13.2 Å². The molecule has 0 aliphatic rings. The highest BCUT2D eigenvalue weighted by atomic mass is 16.5. The Kier molecular flexibility index (Phi) is 7.05. The lowest BCUT2D eigenvalue weighted by atomic mass is 9.98. The second-order valence-electron chi connectivity index (χ2n) is 4.85. The van der Waals surface area contributed by atoms with Crippen molar-refractivity contribution in [2.45, 2.75) is 26.6 Å². The van der Waals surface area contributed by atoms with Crippen molar-refractivity contribution in [3.8, 4) is 5.75 Å². The molecule has 0 radical (unpaired) electrons. The van der Waals surface area contributed by atoms with Crippen LogP contribution in [0.3, 0.4) is 0 Å². The molecule has 0 unspecified atom stereocenters. The fraction of sp³-hybridized carbons (Fsp3) is 0.412. The summed E-state index contributed by atoms with van der Waals surface area (Å²) >= 11 is 0. The van der Waals surface area contributed by atoms with Gasteiger partial charge in [-0.3, -0.25) is 0 Å². The first-order valence-electron chi connectivity index (χ1n) is 6.76. The lowest BCUT2D eigenvalue weighted by Gasteiger charge is -2.16. The minimum atomic E-state index is -0.489. The highest BCUT2D eigenvalue weighted by molar-refractivity contribution is 5.26. The van der Waals surface area contributed by atoms with Gasteiger partial charge in [0, 0.05) is 5.92 Å². The van der Waals surface area contributed by atoms with Gasteiger partial charge in [-0.15, -0.1) is 6.58 Å². The summed E-state index contributed by atoms with van der Waals surface area (Å²) in [4.78, 5) is 0. The van der Waals surface area contributed by atoms with E-state index in [-0.39, 0.29) is 5.92 Å². The van der Waals surface area contributed by atoms with Gasteiger partial charge < -0.3 is 14.6 Å². The zero-order valence-corrected chi connectivity index (χ0v) is 12.5. The lowest BCUT2D eigenvalue weighted by Crippen LogP contribution is -2.17. The Morgan fingerprint density at radius 2 is 2.00 bits per heavy atom. The monoisotopic (exact) mass is 276 g/mol. The molecule has 0 aromatic heterocycles. The fourth-order valence-corrected chi connectivity index (χ4v) is 1.75. The molecule has 20 heavy (non-hydrogen) atoms. The van der Waals surface area contributed by atoms with Crippen molar-refractivity contribution in [1.29, 1.82) is 0 Å². The van der Waals surface area contributed by atoms with E-state index in [0.717, 1.165) is 16.9 Å². The Balaban J connectivity index is 2.38. The van der Waals surface area contributed by atoms with Gasteiger partial charge in [0.25, 0.3) is 0 Å². The third-order valence-corrected chi connectivity index (χ3v) is 3.29. The zero-order valence-electron chi connectivity index (χ0n) is 12.5. The average molecular weight is 276 g/mol. The summed E-state index contributed by atoms with van der Waals surface area (Å²) in [6, 6.07) is 7.78. The van der Waals surface area contributed by atoms with Crippen molar-refractivity contribution in [3.05, 3.63) is 54.1 Å². The van der Waals surface area contributed by atoms with Crippen molar-refractivity contribution >= 4 is 0 Å². The maximum atomic E-state index is 9.95. The summed E-state index contributed by atoms with van der Waals surface area (Å²) in [7, 11) is 1.65. The van der Waals surface area contributed by atoms with E-state index in [1.807, 2.05) is 44.2 Å². The summed E-state index contributed by atoms with van der Waals surface area (Å²) in [5.41, 5.74) is 2.00. The molecule has 1 N–H and O–H groups in total. The Morgan fingerprint density at radius 1 is 1.35 bits per heavy atom. The van der Waals surface area contributed by atoms with E-state index in [4.69, 9.17) is 9.47 Å². The van der Waals surface area contributed by atoms with Gasteiger partial charge in [0.1, 0.15) is 5.75 Å². The molecule has 1 aromatic carbocycles. The molecule has 3 nitrogen and oxygen atoms in total. The van der Waals surface area contributed by atoms with Crippen molar-refractivity contribution in [3.63, 3.8) is 0 Å². The lowest BCUT2D eigenvalue weighted by molar-refractivity contribution is 0.142. The molecule has 0 spiro atoms. The minimum Gasteiger partial charge on any atom is -0.497 e. The molecule has 110 valence electrons. The van der Waals surface area contributed by atoms with Gasteiger partial charge in [0.05, 0.1) is 26.4 Å². The second kappa shape index (κ2) is 8.56. The molecule has 1 rings (SSSR count). The number of rotatable bonds is 8. The number of methoxy groups -OCH3 is 1. The molecule has 0 aliphatic carbocycles. The van der Waals surface area contributed by atoms with Gasteiger partial charge >= 0.3 is 0 Å². The minimum absolute atomic E-state index is 0.0489. The Morgan fingerprint density at radius 3 is 2.55 bits per heavy atom. The van der Waals surface area contributed by atoms with Gasteiger partial charge in [0.2, 0.25) is 0 Å². The standard InChI is InChI=1S/C17H24O3/c1-5-13(2)17(18)14(3)10-11-20-12-15-6-8-16(19-4)9-7-15/h5-10,13,17-18H,1,11-12H2,2-4H3/b14-10+/t13-,17-/m0/s1. The van der Waals surface area contributed by atoms with Crippen molar-refractivity contribution in [2.75, 3.05) is 13.7 Å². The summed E-state index contributed by atoms with van der Waals surface area (Å²) in [5, 5.41) is 9.95. The maximum absolute atomic E-state index is 9.95. The number of hydrogen-bond acceptors (Lipinski definition) is 3. The second-order valence-corrected chi connectivity index (χ2v) is 4.85. The maximum Gasteiger partial charge on any atom is 0.118 e. The van der Waals surface area contributed by atoms with Crippen LogP contribution >= 0.6 is 0 Å². The molecule has 3 heteroatoms. The Labute approximate surface area is 121 Å². The van der Waals surface area contributed by atoms with Crippen molar-refractivity contribution in [2.24, 2.45) is 5.92 Å². The van der Waals surface area contributed by atoms with Gasteiger partial charge in [-0.05, 0) is 30.2 Å². The fourth-order valence-electron chi connectivity index (χ4n) is 1.75. The van der Waals surface area contributed by atoms with Crippen LogP contribution in [0.5, 0.6) is 5.75 Å².